The molecule has 26 heavy (non-hydrogen) atoms. The monoisotopic (exact) mass is 352 g/mol. The summed E-state index contributed by atoms with van der Waals surface area (Å²) < 4.78 is 10.9. The van der Waals surface area contributed by atoms with Gasteiger partial charge in [-0.3, -0.25) is 9.78 Å². The molecule has 0 radical (unpaired) electrons. The Morgan fingerprint density at radius 1 is 1.31 bits per heavy atom. The molecule has 3 rings (SSSR count). The molecule has 0 aliphatic carbocycles. The van der Waals surface area contributed by atoms with Crippen LogP contribution in [0.5, 0.6) is 5.75 Å². The predicted molar refractivity (Wildman–Crippen MR) is 98.0 cm³/mol. The minimum Gasteiger partial charge on any atom is -0.481 e. The average molecular weight is 352 g/mol. The van der Waals surface area contributed by atoms with Crippen LogP contribution < -0.4 is 15.7 Å². The highest BCUT2D eigenvalue weighted by Crippen LogP contribution is 2.23. The van der Waals surface area contributed by atoms with E-state index in [2.05, 4.69) is 10.3 Å². The summed E-state index contributed by atoms with van der Waals surface area (Å²) in [6.45, 7) is 4.03. The minimum absolute atomic E-state index is 0.238. The molecule has 0 spiro atoms. The SMILES string of the molecule is CCc1cc(=O)oc2cc(O[C@H](C)C(=O)NCc3cccnc3)ccc12. The fourth-order valence-corrected chi connectivity index (χ4v) is 2.67. The van der Waals surface area contributed by atoms with Crippen LogP contribution in [0.1, 0.15) is 25.0 Å². The van der Waals surface area contributed by atoms with Gasteiger partial charge in [-0.2, -0.15) is 0 Å². The van der Waals surface area contributed by atoms with E-state index in [1.807, 2.05) is 25.1 Å². The summed E-state index contributed by atoms with van der Waals surface area (Å²) in [5, 5.41) is 3.67. The number of aryl methyl sites for hydroxylation is 1. The van der Waals surface area contributed by atoms with Crippen LogP contribution in [0.25, 0.3) is 11.0 Å². The fraction of sp³-hybridized carbons (Fsp3) is 0.250. The van der Waals surface area contributed by atoms with Crippen LogP contribution in [0, 0.1) is 0 Å². The molecular weight excluding hydrogens is 332 g/mol. The highest BCUT2D eigenvalue weighted by atomic mass is 16.5. The van der Waals surface area contributed by atoms with E-state index in [-0.39, 0.29) is 5.91 Å². The molecule has 0 aliphatic heterocycles. The number of rotatable bonds is 6. The molecule has 1 amide bonds. The number of nitrogens with zero attached hydrogens (tertiary/aromatic N) is 1. The first-order valence-corrected chi connectivity index (χ1v) is 8.47. The van der Waals surface area contributed by atoms with Crippen molar-refractivity contribution < 1.29 is 13.9 Å². The van der Waals surface area contributed by atoms with Gasteiger partial charge in [-0.25, -0.2) is 4.79 Å². The summed E-state index contributed by atoms with van der Waals surface area (Å²) in [6.07, 6.45) is 3.42. The zero-order valence-corrected chi connectivity index (χ0v) is 14.7. The van der Waals surface area contributed by atoms with E-state index in [1.165, 1.54) is 6.07 Å². The Hall–Kier alpha value is -3.15. The van der Waals surface area contributed by atoms with Gasteiger partial charge >= 0.3 is 5.63 Å². The molecule has 1 atom stereocenters. The van der Waals surface area contributed by atoms with Crippen LogP contribution in [0.4, 0.5) is 0 Å². The van der Waals surface area contributed by atoms with E-state index in [0.29, 0.717) is 17.9 Å². The van der Waals surface area contributed by atoms with E-state index < -0.39 is 11.7 Å². The number of fused-ring (bicyclic) bond motifs is 1. The lowest BCUT2D eigenvalue weighted by Crippen LogP contribution is -2.35. The van der Waals surface area contributed by atoms with E-state index in [4.69, 9.17) is 9.15 Å². The summed E-state index contributed by atoms with van der Waals surface area (Å²) in [5.41, 5.74) is 1.89. The first-order chi connectivity index (χ1) is 12.6. The number of amides is 1. The lowest BCUT2D eigenvalue weighted by molar-refractivity contribution is -0.127. The van der Waals surface area contributed by atoms with Crippen LogP contribution in [0.3, 0.4) is 0 Å². The summed E-state index contributed by atoms with van der Waals surface area (Å²) >= 11 is 0. The fourth-order valence-electron chi connectivity index (χ4n) is 2.67. The molecule has 0 bridgehead atoms. The maximum Gasteiger partial charge on any atom is 0.336 e. The molecule has 1 aromatic carbocycles. The van der Waals surface area contributed by atoms with Crippen molar-refractivity contribution >= 4 is 16.9 Å². The van der Waals surface area contributed by atoms with Gasteiger partial charge in [0.05, 0.1) is 0 Å². The van der Waals surface area contributed by atoms with Gasteiger partial charge < -0.3 is 14.5 Å². The first-order valence-electron chi connectivity index (χ1n) is 8.47. The van der Waals surface area contributed by atoms with Gasteiger partial charge in [0.1, 0.15) is 11.3 Å². The lowest BCUT2D eigenvalue weighted by Gasteiger charge is -2.15. The van der Waals surface area contributed by atoms with Crippen molar-refractivity contribution in [1.29, 1.82) is 0 Å². The third kappa shape index (κ3) is 4.08. The van der Waals surface area contributed by atoms with Crippen molar-refractivity contribution in [1.82, 2.24) is 10.3 Å². The number of aromatic nitrogens is 1. The van der Waals surface area contributed by atoms with Crippen molar-refractivity contribution in [2.24, 2.45) is 0 Å². The first kappa shape index (κ1) is 17.7. The number of carbonyl (C=O) groups is 1. The van der Waals surface area contributed by atoms with Gasteiger partial charge in [-0.15, -0.1) is 0 Å². The third-order valence-electron chi connectivity index (χ3n) is 4.05. The van der Waals surface area contributed by atoms with E-state index in [0.717, 1.165) is 22.9 Å². The quantitative estimate of drug-likeness (QED) is 0.690. The Morgan fingerprint density at radius 2 is 2.15 bits per heavy atom. The molecular formula is C20H20N2O4. The summed E-state index contributed by atoms with van der Waals surface area (Å²) in [5.74, 6) is 0.232. The van der Waals surface area contributed by atoms with Crippen LogP contribution in [0.2, 0.25) is 0 Å². The van der Waals surface area contributed by atoms with Crippen LogP contribution in [0.15, 0.2) is 58.0 Å². The summed E-state index contributed by atoms with van der Waals surface area (Å²) in [4.78, 5) is 27.9. The highest BCUT2D eigenvalue weighted by molar-refractivity contribution is 5.83. The zero-order valence-electron chi connectivity index (χ0n) is 14.7. The molecule has 134 valence electrons. The van der Waals surface area contributed by atoms with Gasteiger partial charge in [0.2, 0.25) is 0 Å². The number of carbonyl (C=O) groups excluding carboxylic acids is 1. The Labute approximate surface area is 150 Å². The van der Waals surface area contributed by atoms with Crippen molar-refractivity contribution in [2.75, 3.05) is 0 Å². The molecule has 3 aromatic rings. The third-order valence-corrected chi connectivity index (χ3v) is 4.05. The lowest BCUT2D eigenvalue weighted by atomic mass is 10.1. The molecule has 0 saturated carbocycles. The van der Waals surface area contributed by atoms with Crippen molar-refractivity contribution in [3.05, 3.63) is 70.3 Å². The topological polar surface area (TPSA) is 81.4 Å². The number of hydrogen-bond donors (Lipinski definition) is 1. The Balaban J connectivity index is 1.69. The van der Waals surface area contributed by atoms with Crippen LogP contribution in [-0.4, -0.2) is 17.0 Å². The van der Waals surface area contributed by atoms with E-state index in [1.54, 1.807) is 31.5 Å². The van der Waals surface area contributed by atoms with Crippen LogP contribution in [-0.2, 0) is 17.8 Å². The second-order valence-electron chi connectivity index (χ2n) is 5.94. The Kier molecular flexibility index (Phi) is 5.31. The number of hydrogen-bond acceptors (Lipinski definition) is 5. The van der Waals surface area contributed by atoms with Crippen LogP contribution >= 0.6 is 0 Å². The maximum absolute atomic E-state index is 12.2. The van der Waals surface area contributed by atoms with Gasteiger partial charge in [-0.05, 0) is 42.7 Å². The molecule has 2 aromatic heterocycles. The van der Waals surface area contributed by atoms with E-state index >= 15 is 0 Å². The second kappa shape index (κ2) is 7.82. The van der Waals surface area contributed by atoms with Gasteiger partial charge in [-0.1, -0.05) is 13.0 Å². The van der Waals surface area contributed by atoms with Gasteiger partial charge in [0.15, 0.2) is 6.10 Å². The number of benzene rings is 1. The molecule has 0 unspecified atom stereocenters. The standard InChI is InChI=1S/C20H20N2O4/c1-3-15-9-19(23)26-18-10-16(6-7-17(15)18)25-13(2)20(24)22-12-14-5-4-8-21-11-14/h4-11,13H,3,12H2,1-2H3,(H,22,24)/t13-/m1/s1. The normalized spacial score (nSPS) is 11.9. The maximum atomic E-state index is 12.2. The molecule has 6 nitrogen and oxygen atoms in total. The Morgan fingerprint density at radius 3 is 2.88 bits per heavy atom. The van der Waals surface area contributed by atoms with Crippen molar-refractivity contribution in [3.63, 3.8) is 0 Å². The van der Waals surface area contributed by atoms with Gasteiger partial charge in [0.25, 0.3) is 5.91 Å². The van der Waals surface area contributed by atoms with E-state index in [9.17, 15) is 9.59 Å². The predicted octanol–water partition coefficient (Wildman–Crippen LogP) is 2.83. The second-order valence-corrected chi connectivity index (χ2v) is 5.94. The average Bonchev–Trinajstić information content (AvgIpc) is 2.65. The summed E-state index contributed by atoms with van der Waals surface area (Å²) in [7, 11) is 0. The summed E-state index contributed by atoms with van der Waals surface area (Å²) in [6, 6.07) is 10.4. The highest BCUT2D eigenvalue weighted by Gasteiger charge is 2.15. The molecule has 0 fully saturated rings. The molecule has 0 saturated heterocycles. The minimum atomic E-state index is -0.690. The number of nitrogens with one attached hydrogen (secondary N) is 1. The van der Waals surface area contributed by atoms with Crippen molar-refractivity contribution in [3.8, 4) is 5.75 Å². The number of pyridine rings is 1. The Bertz CT molecular complexity index is 966. The zero-order chi connectivity index (χ0) is 18.5. The molecule has 1 N–H and O–H groups in total. The van der Waals surface area contributed by atoms with Crippen molar-refractivity contribution in [2.45, 2.75) is 32.9 Å². The van der Waals surface area contributed by atoms with Gasteiger partial charge in [0, 0.05) is 36.5 Å². The number of ether oxygens (including phenoxy) is 1. The molecule has 0 aliphatic rings. The molecule has 2 heterocycles. The smallest absolute Gasteiger partial charge is 0.336 e. The largest absolute Gasteiger partial charge is 0.481 e. The molecule has 6 heteroatoms.